The number of aromatic nitrogens is 1. The second kappa shape index (κ2) is 6.12. The molecular formula is C11H19N3O3S. The topological polar surface area (TPSA) is 82.5 Å². The molecule has 1 rings (SSSR count). The minimum absolute atomic E-state index is 0.0185. The van der Waals surface area contributed by atoms with Gasteiger partial charge in [0.2, 0.25) is 0 Å². The lowest BCUT2D eigenvalue weighted by molar-refractivity contribution is 0.171. The number of aliphatic hydroxyl groups is 1. The molecule has 0 aromatic carbocycles. The number of nitrogens with zero attached hydrogens (tertiary/aromatic N) is 2. The average Bonchev–Trinajstić information content (AvgIpc) is 2.29. The van der Waals surface area contributed by atoms with Crippen LogP contribution in [0.1, 0.15) is 13.8 Å². The van der Waals surface area contributed by atoms with E-state index in [0.717, 1.165) is 4.31 Å². The van der Waals surface area contributed by atoms with Gasteiger partial charge in [0.25, 0.3) is 10.0 Å². The van der Waals surface area contributed by atoms with Gasteiger partial charge in [0.05, 0.1) is 11.8 Å². The molecule has 0 fully saturated rings. The molecule has 1 unspecified atom stereocenters. The lowest BCUT2D eigenvalue weighted by atomic mass is 10.4. The summed E-state index contributed by atoms with van der Waals surface area (Å²) in [5, 5.41) is 12.2. The van der Waals surface area contributed by atoms with Crippen molar-refractivity contribution in [2.24, 2.45) is 0 Å². The molecule has 1 atom stereocenters. The maximum Gasteiger partial charge on any atom is 0.262 e. The normalized spacial score (nSPS) is 13.6. The van der Waals surface area contributed by atoms with Crippen molar-refractivity contribution in [3.8, 4) is 0 Å². The van der Waals surface area contributed by atoms with Crippen molar-refractivity contribution in [3.05, 3.63) is 18.3 Å². The highest BCUT2D eigenvalue weighted by Crippen LogP contribution is 2.21. The van der Waals surface area contributed by atoms with Crippen LogP contribution in [0.3, 0.4) is 0 Å². The van der Waals surface area contributed by atoms with Crippen LogP contribution in [0.25, 0.3) is 0 Å². The Kier molecular flexibility index (Phi) is 5.06. The molecule has 1 aromatic rings. The molecule has 0 amide bonds. The summed E-state index contributed by atoms with van der Waals surface area (Å²) in [4.78, 5) is 3.92. The summed E-state index contributed by atoms with van der Waals surface area (Å²) in [6.07, 6.45) is 0.709. The van der Waals surface area contributed by atoms with Crippen molar-refractivity contribution >= 4 is 15.7 Å². The summed E-state index contributed by atoms with van der Waals surface area (Å²) < 4.78 is 25.6. The number of likely N-dealkylation sites (N-methyl/N-ethyl adjacent to an activating group) is 1. The Morgan fingerprint density at radius 2 is 2.22 bits per heavy atom. The average molecular weight is 273 g/mol. The fourth-order valence-electron chi connectivity index (χ4n) is 1.54. The Labute approximate surface area is 108 Å². The van der Waals surface area contributed by atoms with Gasteiger partial charge in [-0.3, -0.25) is 0 Å². The Balaban J connectivity index is 3.11. The second-order valence-electron chi connectivity index (χ2n) is 4.02. The summed E-state index contributed by atoms with van der Waals surface area (Å²) in [5.74, 6) is 0. The fourth-order valence-corrected chi connectivity index (χ4v) is 2.86. The smallest absolute Gasteiger partial charge is 0.262 e. The van der Waals surface area contributed by atoms with E-state index in [4.69, 9.17) is 0 Å². The molecule has 102 valence electrons. The zero-order valence-corrected chi connectivity index (χ0v) is 11.6. The molecular weight excluding hydrogens is 254 g/mol. The van der Waals surface area contributed by atoms with Gasteiger partial charge < -0.3 is 10.4 Å². The molecule has 0 bridgehead atoms. The number of hydrogen-bond acceptors (Lipinski definition) is 5. The highest BCUT2D eigenvalue weighted by molar-refractivity contribution is 7.89. The van der Waals surface area contributed by atoms with Gasteiger partial charge in [-0.1, -0.05) is 0 Å². The predicted octanol–water partition coefficient (Wildman–Crippen LogP) is 0.515. The third-order valence-electron chi connectivity index (χ3n) is 2.31. The number of pyridine rings is 1. The van der Waals surface area contributed by atoms with E-state index in [1.807, 2.05) is 6.92 Å². The Hall–Kier alpha value is -1.18. The van der Waals surface area contributed by atoms with Gasteiger partial charge in [0.15, 0.2) is 5.03 Å². The van der Waals surface area contributed by atoms with Crippen LogP contribution in [0.5, 0.6) is 0 Å². The van der Waals surface area contributed by atoms with Gasteiger partial charge in [0.1, 0.15) is 0 Å². The van der Waals surface area contributed by atoms with Crippen LogP contribution in [0, 0.1) is 0 Å². The first kappa shape index (κ1) is 14.9. The Morgan fingerprint density at radius 3 is 2.78 bits per heavy atom. The molecule has 6 nitrogen and oxygen atoms in total. The minimum atomic E-state index is -3.69. The molecule has 1 aromatic heterocycles. The third-order valence-corrected chi connectivity index (χ3v) is 4.10. The van der Waals surface area contributed by atoms with E-state index >= 15 is 0 Å². The monoisotopic (exact) mass is 273 g/mol. The van der Waals surface area contributed by atoms with Crippen molar-refractivity contribution in [1.82, 2.24) is 9.29 Å². The maximum atomic E-state index is 12.3. The largest absolute Gasteiger partial charge is 0.392 e. The lowest BCUT2D eigenvalue weighted by Gasteiger charge is -2.19. The first-order valence-electron chi connectivity index (χ1n) is 5.73. The highest BCUT2D eigenvalue weighted by Gasteiger charge is 2.26. The molecule has 0 aliphatic heterocycles. The Morgan fingerprint density at radius 1 is 1.56 bits per heavy atom. The summed E-state index contributed by atoms with van der Waals surface area (Å²) in [5.41, 5.74) is 0.470. The van der Waals surface area contributed by atoms with E-state index in [1.54, 1.807) is 12.1 Å². The van der Waals surface area contributed by atoms with Crippen LogP contribution in [0.15, 0.2) is 23.4 Å². The number of aliphatic hydroxyl groups excluding tert-OH is 1. The SMILES string of the molecule is CCNc1cccnc1S(=O)(=O)N(C)CC(C)O. The first-order valence-corrected chi connectivity index (χ1v) is 7.17. The van der Waals surface area contributed by atoms with Crippen LogP contribution < -0.4 is 5.32 Å². The minimum Gasteiger partial charge on any atom is -0.392 e. The Bertz CT molecular complexity index is 488. The van der Waals surface area contributed by atoms with Crippen LogP contribution in [0.4, 0.5) is 5.69 Å². The molecule has 18 heavy (non-hydrogen) atoms. The molecule has 0 saturated carbocycles. The maximum absolute atomic E-state index is 12.3. The predicted molar refractivity (Wildman–Crippen MR) is 69.9 cm³/mol. The highest BCUT2D eigenvalue weighted by atomic mass is 32.2. The van der Waals surface area contributed by atoms with E-state index in [0.29, 0.717) is 12.2 Å². The molecule has 0 radical (unpaired) electrons. The zero-order chi connectivity index (χ0) is 13.8. The summed E-state index contributed by atoms with van der Waals surface area (Å²) in [6, 6.07) is 3.34. The number of hydrogen-bond donors (Lipinski definition) is 2. The third kappa shape index (κ3) is 3.41. The van der Waals surface area contributed by atoms with Crippen molar-refractivity contribution in [3.63, 3.8) is 0 Å². The molecule has 0 aliphatic rings. The quantitative estimate of drug-likeness (QED) is 0.789. The van der Waals surface area contributed by atoms with Crippen LogP contribution in [-0.2, 0) is 10.0 Å². The van der Waals surface area contributed by atoms with Gasteiger partial charge in [-0.15, -0.1) is 0 Å². The molecule has 1 heterocycles. The van der Waals surface area contributed by atoms with Gasteiger partial charge in [-0.2, -0.15) is 4.31 Å². The van der Waals surface area contributed by atoms with Crippen molar-refractivity contribution in [2.75, 3.05) is 25.5 Å². The van der Waals surface area contributed by atoms with Crippen LogP contribution >= 0.6 is 0 Å². The standard InChI is InChI=1S/C11H19N3O3S/c1-4-12-10-6-5-7-13-11(10)18(16,17)14(3)8-9(2)15/h5-7,9,12,15H,4,8H2,1-3H3. The van der Waals surface area contributed by atoms with Crippen LogP contribution in [-0.4, -0.2) is 49.1 Å². The van der Waals surface area contributed by atoms with E-state index in [2.05, 4.69) is 10.3 Å². The van der Waals surface area contributed by atoms with Gasteiger partial charge in [-0.25, -0.2) is 13.4 Å². The molecule has 2 N–H and O–H groups in total. The lowest BCUT2D eigenvalue weighted by Crippen LogP contribution is -2.34. The first-order chi connectivity index (χ1) is 8.39. The van der Waals surface area contributed by atoms with Crippen LogP contribution in [0.2, 0.25) is 0 Å². The van der Waals surface area contributed by atoms with Gasteiger partial charge in [-0.05, 0) is 26.0 Å². The fraction of sp³-hybridized carbons (Fsp3) is 0.545. The molecule has 0 aliphatic carbocycles. The van der Waals surface area contributed by atoms with E-state index in [-0.39, 0.29) is 11.6 Å². The van der Waals surface area contributed by atoms with E-state index < -0.39 is 16.1 Å². The number of anilines is 1. The summed E-state index contributed by atoms with van der Waals surface area (Å²) >= 11 is 0. The van der Waals surface area contributed by atoms with E-state index in [9.17, 15) is 13.5 Å². The number of rotatable bonds is 6. The van der Waals surface area contributed by atoms with Crippen molar-refractivity contribution in [1.29, 1.82) is 0 Å². The van der Waals surface area contributed by atoms with E-state index in [1.165, 1.54) is 20.2 Å². The molecule has 7 heteroatoms. The van der Waals surface area contributed by atoms with Crippen molar-refractivity contribution < 1.29 is 13.5 Å². The van der Waals surface area contributed by atoms with Gasteiger partial charge >= 0.3 is 0 Å². The summed E-state index contributed by atoms with van der Waals surface area (Å²) in [7, 11) is -2.26. The molecule has 0 saturated heterocycles. The zero-order valence-electron chi connectivity index (χ0n) is 10.8. The number of nitrogens with one attached hydrogen (secondary N) is 1. The number of sulfonamides is 1. The second-order valence-corrected chi connectivity index (χ2v) is 5.98. The summed E-state index contributed by atoms with van der Waals surface area (Å²) in [6.45, 7) is 4.05. The molecule has 0 spiro atoms. The van der Waals surface area contributed by atoms with Crippen molar-refractivity contribution in [2.45, 2.75) is 25.0 Å². The van der Waals surface area contributed by atoms with Gasteiger partial charge in [0, 0.05) is 26.3 Å².